The van der Waals surface area contributed by atoms with Gasteiger partial charge in [-0.05, 0) is 17.8 Å². The summed E-state index contributed by atoms with van der Waals surface area (Å²) in [5.41, 5.74) is 5.48. The molecule has 0 fully saturated rings. The van der Waals surface area contributed by atoms with Gasteiger partial charge in [-0.3, -0.25) is 9.59 Å². The van der Waals surface area contributed by atoms with Gasteiger partial charge in [-0.2, -0.15) is 0 Å². The van der Waals surface area contributed by atoms with Gasteiger partial charge < -0.3 is 20.9 Å². The molecule has 0 aromatic heterocycles. The minimum Gasteiger partial charge on any atom is -0.481 e. The van der Waals surface area contributed by atoms with Crippen molar-refractivity contribution in [1.29, 1.82) is 0 Å². The van der Waals surface area contributed by atoms with Gasteiger partial charge in [0.1, 0.15) is 0 Å². The number of ether oxygens (including phenoxy) is 1. The summed E-state index contributed by atoms with van der Waals surface area (Å²) in [6.07, 6.45) is -0.363. The normalized spacial score (nSPS) is 15.5. The number of amides is 1. The van der Waals surface area contributed by atoms with Crippen molar-refractivity contribution in [2.45, 2.75) is 73.1 Å². The highest BCUT2D eigenvalue weighted by atomic mass is 16.5. The van der Waals surface area contributed by atoms with Crippen LogP contribution in [-0.4, -0.2) is 41.8 Å². The first-order valence-corrected chi connectivity index (χ1v) is 7.64. The average molecular weight is 316 g/mol. The Bertz CT molecular complexity index is 369. The van der Waals surface area contributed by atoms with Crippen LogP contribution in [0.1, 0.15) is 54.9 Å². The van der Waals surface area contributed by atoms with Crippen LogP contribution < -0.4 is 11.1 Å². The Morgan fingerprint density at radius 3 is 1.95 bits per heavy atom. The van der Waals surface area contributed by atoms with E-state index in [0.717, 1.165) is 0 Å². The lowest BCUT2D eigenvalue weighted by Crippen LogP contribution is -2.48. The zero-order chi connectivity index (χ0) is 17.7. The second-order valence-electron chi connectivity index (χ2n) is 8.06. The number of hydrogen-bond acceptors (Lipinski definition) is 4. The highest BCUT2D eigenvalue weighted by Crippen LogP contribution is 2.35. The summed E-state index contributed by atoms with van der Waals surface area (Å²) in [5.74, 6) is -1.56. The molecule has 22 heavy (non-hydrogen) atoms. The van der Waals surface area contributed by atoms with E-state index in [0.29, 0.717) is 6.61 Å². The molecular weight excluding hydrogens is 284 g/mol. The van der Waals surface area contributed by atoms with E-state index in [2.05, 4.69) is 46.9 Å². The molecule has 0 saturated carbocycles. The first kappa shape index (κ1) is 20.9. The predicted octanol–water partition coefficient (Wildman–Crippen LogP) is 1.77. The zero-order valence-corrected chi connectivity index (χ0v) is 14.9. The predicted molar refractivity (Wildman–Crippen MR) is 86.5 cm³/mol. The number of hydrogen-bond donors (Lipinski definition) is 3. The van der Waals surface area contributed by atoms with Crippen molar-refractivity contribution in [2.24, 2.45) is 16.6 Å². The maximum atomic E-state index is 11.8. The number of aliphatic carboxylic acids is 1. The molecule has 0 spiro atoms. The van der Waals surface area contributed by atoms with Crippen LogP contribution in [0.5, 0.6) is 0 Å². The Balaban J connectivity index is 4.51. The Morgan fingerprint density at radius 2 is 1.59 bits per heavy atom. The number of rotatable bonds is 7. The molecule has 0 bridgehead atoms. The SMILES string of the molecule is CC(COC(C(C)(C)C)C(C)(C)C)NC(=O)[C@@H](N)CC(=O)O. The molecule has 0 aromatic rings. The van der Waals surface area contributed by atoms with Crippen LogP contribution in [0.2, 0.25) is 0 Å². The van der Waals surface area contributed by atoms with Crippen molar-refractivity contribution < 1.29 is 19.4 Å². The van der Waals surface area contributed by atoms with E-state index in [-0.39, 0.29) is 29.4 Å². The lowest BCUT2D eigenvalue weighted by Gasteiger charge is -2.41. The minimum atomic E-state index is -1.09. The summed E-state index contributed by atoms with van der Waals surface area (Å²) in [6.45, 7) is 14.9. The summed E-state index contributed by atoms with van der Waals surface area (Å²) >= 11 is 0. The zero-order valence-electron chi connectivity index (χ0n) is 14.9. The molecule has 0 saturated heterocycles. The Morgan fingerprint density at radius 1 is 1.14 bits per heavy atom. The summed E-state index contributed by atoms with van der Waals surface area (Å²) in [6, 6.07) is -1.28. The molecule has 0 radical (unpaired) electrons. The van der Waals surface area contributed by atoms with E-state index in [1.165, 1.54) is 0 Å². The fourth-order valence-electron chi connectivity index (χ4n) is 2.71. The van der Waals surface area contributed by atoms with Gasteiger partial charge in [-0.15, -0.1) is 0 Å². The molecule has 1 unspecified atom stereocenters. The van der Waals surface area contributed by atoms with E-state index < -0.39 is 17.9 Å². The summed E-state index contributed by atoms with van der Waals surface area (Å²) < 4.78 is 6.02. The van der Waals surface area contributed by atoms with Crippen LogP contribution in [0.3, 0.4) is 0 Å². The molecule has 0 heterocycles. The molecule has 2 atom stereocenters. The highest BCUT2D eigenvalue weighted by Gasteiger charge is 2.36. The topological polar surface area (TPSA) is 102 Å². The maximum Gasteiger partial charge on any atom is 0.305 e. The number of carbonyl (C=O) groups excluding carboxylic acids is 1. The number of nitrogens with two attached hydrogens (primary N) is 1. The van der Waals surface area contributed by atoms with Crippen molar-refractivity contribution in [3.05, 3.63) is 0 Å². The molecule has 1 amide bonds. The molecule has 0 aliphatic heterocycles. The number of carboxylic acid groups (broad SMARTS) is 1. The largest absolute Gasteiger partial charge is 0.481 e. The number of nitrogens with one attached hydrogen (secondary N) is 1. The van der Waals surface area contributed by atoms with E-state index in [9.17, 15) is 9.59 Å². The van der Waals surface area contributed by atoms with Gasteiger partial charge in [0.05, 0.1) is 25.2 Å². The van der Waals surface area contributed by atoms with Crippen molar-refractivity contribution in [3.63, 3.8) is 0 Å². The molecule has 4 N–H and O–H groups in total. The molecular formula is C16H32N2O4. The first-order valence-electron chi connectivity index (χ1n) is 7.64. The Kier molecular flexibility index (Phi) is 7.51. The van der Waals surface area contributed by atoms with Crippen molar-refractivity contribution in [3.8, 4) is 0 Å². The first-order chi connectivity index (χ1) is 9.75. The third-order valence-corrected chi connectivity index (χ3v) is 3.21. The maximum absolute atomic E-state index is 11.8. The van der Waals surface area contributed by atoms with E-state index in [1.54, 1.807) is 0 Å². The smallest absolute Gasteiger partial charge is 0.305 e. The molecule has 0 aliphatic rings. The van der Waals surface area contributed by atoms with Gasteiger partial charge >= 0.3 is 5.97 Å². The van der Waals surface area contributed by atoms with Gasteiger partial charge in [0.25, 0.3) is 0 Å². The average Bonchev–Trinajstić information content (AvgIpc) is 2.23. The van der Waals surface area contributed by atoms with Gasteiger partial charge in [-0.25, -0.2) is 0 Å². The van der Waals surface area contributed by atoms with Crippen LogP contribution in [-0.2, 0) is 14.3 Å². The Labute approximate surface area is 133 Å². The van der Waals surface area contributed by atoms with E-state index in [1.807, 2.05) is 6.92 Å². The summed E-state index contributed by atoms with van der Waals surface area (Å²) in [7, 11) is 0. The summed E-state index contributed by atoms with van der Waals surface area (Å²) in [5, 5.41) is 11.3. The van der Waals surface area contributed by atoms with Crippen LogP contribution in [0.15, 0.2) is 0 Å². The molecule has 6 nitrogen and oxygen atoms in total. The highest BCUT2D eigenvalue weighted by molar-refractivity contribution is 5.86. The third-order valence-electron chi connectivity index (χ3n) is 3.21. The second-order valence-corrected chi connectivity index (χ2v) is 8.06. The van der Waals surface area contributed by atoms with Crippen LogP contribution in [0.4, 0.5) is 0 Å². The monoisotopic (exact) mass is 316 g/mol. The van der Waals surface area contributed by atoms with Gasteiger partial charge in [0, 0.05) is 6.04 Å². The summed E-state index contributed by atoms with van der Waals surface area (Å²) in [4.78, 5) is 22.3. The van der Waals surface area contributed by atoms with E-state index >= 15 is 0 Å². The standard InChI is InChI=1S/C16H32N2O4/c1-10(18-13(21)11(17)8-12(19)20)9-22-14(15(2,3)4)16(5,6)7/h10-11,14H,8-9,17H2,1-7H3,(H,18,21)(H,19,20)/t10?,11-/m0/s1. The molecule has 6 heteroatoms. The number of carbonyl (C=O) groups is 2. The van der Waals surface area contributed by atoms with E-state index in [4.69, 9.17) is 15.6 Å². The van der Waals surface area contributed by atoms with Crippen molar-refractivity contribution >= 4 is 11.9 Å². The molecule has 130 valence electrons. The van der Waals surface area contributed by atoms with Gasteiger partial charge in [0.15, 0.2) is 0 Å². The second kappa shape index (κ2) is 7.92. The molecule has 0 aromatic carbocycles. The fourth-order valence-corrected chi connectivity index (χ4v) is 2.71. The molecule has 0 aliphatic carbocycles. The lowest BCUT2D eigenvalue weighted by molar-refractivity contribution is -0.139. The lowest BCUT2D eigenvalue weighted by atomic mass is 9.74. The number of carboxylic acids is 1. The van der Waals surface area contributed by atoms with Crippen LogP contribution in [0, 0.1) is 10.8 Å². The minimum absolute atomic E-state index is 0.0204. The van der Waals surface area contributed by atoms with Gasteiger partial charge in [-0.1, -0.05) is 41.5 Å². The third kappa shape index (κ3) is 7.75. The quantitative estimate of drug-likeness (QED) is 0.664. The van der Waals surface area contributed by atoms with Gasteiger partial charge in [0.2, 0.25) is 5.91 Å². The van der Waals surface area contributed by atoms with Crippen LogP contribution >= 0.6 is 0 Å². The fraction of sp³-hybridized carbons (Fsp3) is 0.875. The van der Waals surface area contributed by atoms with Crippen molar-refractivity contribution in [2.75, 3.05) is 6.61 Å². The van der Waals surface area contributed by atoms with Crippen LogP contribution in [0.25, 0.3) is 0 Å². The Hall–Kier alpha value is -1.14. The molecule has 0 rings (SSSR count). The van der Waals surface area contributed by atoms with Crippen molar-refractivity contribution in [1.82, 2.24) is 5.32 Å².